The number of benzene rings is 2. The van der Waals surface area contributed by atoms with E-state index < -0.39 is 25.9 Å². The molecule has 0 radical (unpaired) electrons. The molecule has 0 aliphatic carbocycles. The van der Waals surface area contributed by atoms with E-state index in [2.05, 4.69) is 0 Å². The van der Waals surface area contributed by atoms with Crippen LogP contribution in [0.1, 0.15) is 0 Å². The van der Waals surface area contributed by atoms with E-state index in [0.29, 0.717) is 0 Å². The van der Waals surface area contributed by atoms with E-state index in [0.717, 1.165) is 10.4 Å². The van der Waals surface area contributed by atoms with Gasteiger partial charge in [0.15, 0.2) is 0 Å². The summed E-state index contributed by atoms with van der Waals surface area (Å²) in [5, 5.41) is 11.8. The van der Waals surface area contributed by atoms with Gasteiger partial charge in [0, 0.05) is 27.9 Å². The Kier molecular flexibility index (Phi) is 7.68. The Morgan fingerprint density at radius 3 is 1.48 bits per heavy atom. The Bertz CT molecular complexity index is 631. The summed E-state index contributed by atoms with van der Waals surface area (Å²) in [5.41, 5.74) is 0. The minimum absolute atomic E-state index is 0.195. The van der Waals surface area contributed by atoms with Crippen LogP contribution in [0.2, 0.25) is 13.1 Å². The number of aliphatic hydroxyl groups is 1. The predicted octanol–water partition coefficient (Wildman–Crippen LogP) is 1.39. The molecule has 27 heavy (non-hydrogen) atoms. The fourth-order valence-corrected chi connectivity index (χ4v) is 12.7. The molecule has 1 N–H and O–H groups in total. The molecule has 6 nitrogen and oxygen atoms in total. The monoisotopic (exact) mass is 424 g/mol. The summed E-state index contributed by atoms with van der Waals surface area (Å²) in [6.07, 6.45) is -0.195. The van der Waals surface area contributed by atoms with Crippen LogP contribution < -0.4 is 10.4 Å². The normalized spacial score (nSPS) is 14.7. The molecular formula is C18H28O6Si3. The van der Waals surface area contributed by atoms with Gasteiger partial charge in [0.05, 0.1) is 6.23 Å². The molecule has 0 heterocycles. The zero-order chi connectivity index (χ0) is 20.0. The first-order chi connectivity index (χ1) is 12.9. The number of aliphatic hydroxyl groups excluding tert-OH is 1. The van der Waals surface area contributed by atoms with Gasteiger partial charge in [-0.1, -0.05) is 60.7 Å². The van der Waals surface area contributed by atoms with E-state index in [1.807, 2.05) is 73.8 Å². The van der Waals surface area contributed by atoms with Crippen molar-refractivity contribution >= 4 is 36.3 Å². The van der Waals surface area contributed by atoms with Crippen LogP contribution in [0, 0.1) is 0 Å². The first-order valence-electron chi connectivity index (χ1n) is 8.64. The van der Waals surface area contributed by atoms with Gasteiger partial charge in [0.1, 0.15) is 0 Å². The van der Waals surface area contributed by atoms with Gasteiger partial charge in [-0.25, -0.2) is 0 Å². The second-order valence-corrected chi connectivity index (χ2v) is 15.9. The van der Waals surface area contributed by atoms with E-state index in [1.165, 1.54) is 0 Å². The quantitative estimate of drug-likeness (QED) is 0.582. The molecule has 1 atom stereocenters. The summed E-state index contributed by atoms with van der Waals surface area (Å²) in [6, 6.07) is 19.5. The number of hydrogen-bond acceptors (Lipinski definition) is 6. The van der Waals surface area contributed by atoms with Crippen LogP contribution in [0.25, 0.3) is 0 Å². The lowest BCUT2D eigenvalue weighted by atomic mass is 10.4. The standard InChI is InChI=1S/C18H28O6Si3/c1-20-25(4,16-19)23-27(17-12-8-6-9-13-17,18-14-10-7-11-15-18)24-26(5,21-2)22-3/h6-15,19H,16H2,1-5H3. The highest BCUT2D eigenvalue weighted by Gasteiger charge is 2.54. The summed E-state index contributed by atoms with van der Waals surface area (Å²) in [4.78, 5) is 0. The summed E-state index contributed by atoms with van der Waals surface area (Å²) in [7, 11) is -4.53. The third kappa shape index (κ3) is 5.02. The highest BCUT2D eigenvalue weighted by Crippen LogP contribution is 2.22. The highest BCUT2D eigenvalue weighted by molar-refractivity contribution is 7.00. The molecule has 0 amide bonds. The van der Waals surface area contributed by atoms with E-state index in [1.54, 1.807) is 21.3 Å². The lowest BCUT2D eigenvalue weighted by Crippen LogP contribution is -2.72. The van der Waals surface area contributed by atoms with Crippen molar-refractivity contribution in [3.8, 4) is 0 Å². The largest absolute Gasteiger partial charge is 0.488 e. The minimum Gasteiger partial charge on any atom is -0.407 e. The summed E-state index contributed by atoms with van der Waals surface area (Å²) in [5.74, 6) is 0. The first kappa shape index (κ1) is 22.1. The van der Waals surface area contributed by atoms with E-state index in [-0.39, 0.29) is 6.23 Å². The Morgan fingerprint density at radius 2 is 1.15 bits per heavy atom. The molecule has 0 saturated carbocycles. The van der Waals surface area contributed by atoms with Crippen molar-refractivity contribution in [2.45, 2.75) is 13.1 Å². The van der Waals surface area contributed by atoms with Crippen molar-refractivity contribution in [1.82, 2.24) is 0 Å². The molecule has 9 heteroatoms. The van der Waals surface area contributed by atoms with Crippen LogP contribution >= 0.6 is 0 Å². The lowest BCUT2D eigenvalue weighted by molar-refractivity contribution is 0.149. The molecule has 0 spiro atoms. The van der Waals surface area contributed by atoms with Crippen molar-refractivity contribution in [2.24, 2.45) is 0 Å². The van der Waals surface area contributed by atoms with Crippen LogP contribution in [0.4, 0.5) is 0 Å². The molecule has 0 saturated heterocycles. The van der Waals surface area contributed by atoms with Crippen molar-refractivity contribution in [2.75, 3.05) is 27.6 Å². The van der Waals surface area contributed by atoms with E-state index in [9.17, 15) is 5.11 Å². The molecule has 2 aromatic rings. The number of hydrogen-bond donors (Lipinski definition) is 1. The van der Waals surface area contributed by atoms with Crippen LogP contribution in [0.5, 0.6) is 0 Å². The van der Waals surface area contributed by atoms with Crippen LogP contribution in [-0.2, 0) is 21.5 Å². The van der Waals surface area contributed by atoms with Crippen LogP contribution in [0.3, 0.4) is 0 Å². The SMILES string of the molecule is CO[Si](C)(CO)O[Si](O[Si](C)(OC)OC)(c1ccccc1)c1ccccc1. The van der Waals surface area contributed by atoms with E-state index >= 15 is 0 Å². The molecule has 0 bridgehead atoms. The zero-order valence-corrected chi connectivity index (χ0v) is 19.5. The fourth-order valence-electron chi connectivity index (χ4n) is 2.61. The Morgan fingerprint density at radius 1 is 0.704 bits per heavy atom. The molecule has 2 aromatic carbocycles. The summed E-state index contributed by atoms with van der Waals surface area (Å²) < 4.78 is 30.2. The zero-order valence-electron chi connectivity index (χ0n) is 16.5. The second-order valence-electron chi connectivity index (χ2n) is 6.32. The topological polar surface area (TPSA) is 66.4 Å². The molecule has 148 valence electrons. The van der Waals surface area contributed by atoms with Gasteiger partial charge < -0.3 is 26.6 Å². The van der Waals surface area contributed by atoms with Gasteiger partial charge in [0.25, 0.3) is 0 Å². The van der Waals surface area contributed by atoms with Gasteiger partial charge in [-0.15, -0.1) is 0 Å². The van der Waals surface area contributed by atoms with Crippen molar-refractivity contribution in [3.63, 3.8) is 0 Å². The van der Waals surface area contributed by atoms with Crippen LogP contribution in [0.15, 0.2) is 60.7 Å². The lowest BCUT2D eigenvalue weighted by Gasteiger charge is -2.41. The van der Waals surface area contributed by atoms with Gasteiger partial charge in [-0.2, -0.15) is 0 Å². The average molecular weight is 425 g/mol. The van der Waals surface area contributed by atoms with Gasteiger partial charge >= 0.3 is 25.9 Å². The smallest absolute Gasteiger partial charge is 0.407 e. The molecular weight excluding hydrogens is 396 g/mol. The number of rotatable bonds is 10. The fraction of sp³-hybridized carbons (Fsp3) is 0.333. The summed E-state index contributed by atoms with van der Waals surface area (Å²) in [6.45, 7) is 3.65. The first-order valence-corrected chi connectivity index (χ1v) is 15.2. The van der Waals surface area contributed by atoms with Crippen LogP contribution in [-0.4, -0.2) is 58.6 Å². The third-order valence-corrected chi connectivity index (χ3v) is 15.1. The maximum absolute atomic E-state index is 9.98. The Balaban J connectivity index is 2.73. The molecule has 0 aliphatic rings. The predicted molar refractivity (Wildman–Crippen MR) is 111 cm³/mol. The third-order valence-electron chi connectivity index (χ3n) is 4.46. The second kappa shape index (κ2) is 9.37. The molecule has 0 aliphatic heterocycles. The van der Waals surface area contributed by atoms with E-state index in [4.69, 9.17) is 21.5 Å². The van der Waals surface area contributed by atoms with Crippen molar-refractivity contribution in [1.29, 1.82) is 0 Å². The van der Waals surface area contributed by atoms with Gasteiger partial charge in [0.2, 0.25) is 0 Å². The molecule has 0 aromatic heterocycles. The molecule has 2 rings (SSSR count). The maximum atomic E-state index is 9.98. The van der Waals surface area contributed by atoms with Crippen molar-refractivity contribution in [3.05, 3.63) is 60.7 Å². The minimum atomic E-state index is -3.31. The maximum Gasteiger partial charge on any atom is 0.488 e. The Hall–Kier alpha value is -1.15. The highest BCUT2D eigenvalue weighted by atomic mass is 28.5. The van der Waals surface area contributed by atoms with Gasteiger partial charge in [-0.3, -0.25) is 0 Å². The Labute approximate surface area is 164 Å². The molecule has 1 unspecified atom stereocenters. The summed E-state index contributed by atoms with van der Waals surface area (Å²) >= 11 is 0. The molecule has 0 fully saturated rings. The van der Waals surface area contributed by atoms with Crippen molar-refractivity contribution < 1.29 is 26.6 Å². The average Bonchev–Trinajstić information content (AvgIpc) is 2.74. The van der Waals surface area contributed by atoms with Gasteiger partial charge in [-0.05, 0) is 16.9 Å².